The van der Waals surface area contributed by atoms with Crippen LogP contribution in [0.5, 0.6) is 0 Å². The van der Waals surface area contributed by atoms with Gasteiger partial charge in [-0.25, -0.2) is 0 Å². The van der Waals surface area contributed by atoms with E-state index in [1.54, 1.807) is 0 Å². The van der Waals surface area contributed by atoms with Crippen LogP contribution in [0.15, 0.2) is 0 Å². The van der Waals surface area contributed by atoms with E-state index < -0.39 is 0 Å². The minimum Gasteiger partial charge on any atom is -0.330 e. The molecule has 1 aliphatic rings. The van der Waals surface area contributed by atoms with Crippen LogP contribution in [0.3, 0.4) is 0 Å². The molecule has 2 heteroatoms. The minimum atomic E-state index is 0. The second kappa shape index (κ2) is 26.6. The van der Waals surface area contributed by atoms with E-state index in [1.165, 1.54) is 38.8 Å². The number of nitrogens with zero attached hydrogens (tertiary/aromatic N) is 1. The van der Waals surface area contributed by atoms with Gasteiger partial charge in [-0.05, 0) is 13.1 Å². The van der Waals surface area contributed by atoms with Crippen LogP contribution in [0.1, 0.15) is 81.1 Å². The fraction of sp³-hybridized carbons (Fsp3) is 0.938. The first-order chi connectivity index (χ1) is 8.38. The minimum absolute atomic E-state index is 0. The Kier molecular flexibility index (Phi) is 40.5. The Morgan fingerprint density at radius 3 is 1.61 bits per heavy atom. The third kappa shape index (κ3) is 15.1. The van der Waals surface area contributed by atoms with E-state index in [9.17, 15) is 0 Å². The second-order valence-corrected chi connectivity index (χ2v) is 3.31. The molecule has 1 nitrogen and oxygen atoms in total. The zero-order valence-electron chi connectivity index (χ0n) is 14.4. The van der Waals surface area contributed by atoms with Crippen molar-refractivity contribution in [3.63, 3.8) is 0 Å². The van der Waals surface area contributed by atoms with Crippen molar-refractivity contribution in [1.82, 2.24) is 4.90 Å². The molecule has 0 N–H and O–H groups in total. The zero-order valence-corrected chi connectivity index (χ0v) is 17.3. The van der Waals surface area contributed by atoms with Gasteiger partial charge in [-0.3, -0.25) is 0 Å². The van der Waals surface area contributed by atoms with Crippen LogP contribution in [0, 0.1) is 6.42 Å². The molecule has 0 aromatic carbocycles. The van der Waals surface area contributed by atoms with Gasteiger partial charge in [-0.1, -0.05) is 74.7 Å². The van der Waals surface area contributed by atoms with Crippen LogP contribution in [0.25, 0.3) is 0 Å². The topological polar surface area (TPSA) is 3.24 Å². The van der Waals surface area contributed by atoms with Crippen molar-refractivity contribution in [3.05, 3.63) is 6.42 Å². The van der Waals surface area contributed by atoms with Gasteiger partial charge < -0.3 is 11.3 Å². The Hall–Kier alpha value is 1.06. The van der Waals surface area contributed by atoms with Crippen molar-refractivity contribution in [3.8, 4) is 0 Å². The smallest absolute Gasteiger partial charge is 0 e. The summed E-state index contributed by atoms with van der Waals surface area (Å²) in [5, 5.41) is 0. The predicted octanol–water partition coefficient (Wildman–Crippen LogP) is 5.55. The predicted molar refractivity (Wildman–Crippen MR) is 83.5 cm³/mol. The molecule has 0 bridgehead atoms. The van der Waals surface area contributed by atoms with E-state index in [2.05, 4.69) is 25.2 Å². The van der Waals surface area contributed by atoms with Crippen molar-refractivity contribution in [2.24, 2.45) is 0 Å². The Morgan fingerprint density at radius 2 is 1.33 bits per heavy atom. The third-order valence-electron chi connectivity index (χ3n) is 2.67. The summed E-state index contributed by atoms with van der Waals surface area (Å²) in [6.07, 6.45) is 8.06. The normalized spacial score (nSPS) is 16.8. The molecule has 1 fully saturated rings. The van der Waals surface area contributed by atoms with Crippen LogP contribution in [0.2, 0.25) is 0 Å². The molecule has 0 saturated heterocycles. The van der Waals surface area contributed by atoms with Gasteiger partial charge in [0.2, 0.25) is 0 Å². The average Bonchev–Trinajstić information content (AvgIpc) is 2.48. The molecule has 1 aliphatic carbocycles. The maximum absolute atomic E-state index is 2.55. The van der Waals surface area contributed by atoms with Crippen molar-refractivity contribution in [1.29, 1.82) is 0 Å². The monoisotopic (exact) mass is 333 g/mol. The third-order valence-corrected chi connectivity index (χ3v) is 2.67. The molecule has 1 unspecified atom stereocenters. The van der Waals surface area contributed by atoms with Gasteiger partial charge >= 0.3 is 0 Å². The van der Waals surface area contributed by atoms with E-state index in [4.69, 9.17) is 0 Å². The van der Waals surface area contributed by atoms with Crippen LogP contribution in [0.4, 0.5) is 0 Å². The summed E-state index contributed by atoms with van der Waals surface area (Å²) in [4.78, 5) is 2.55. The van der Waals surface area contributed by atoms with Gasteiger partial charge in [0.25, 0.3) is 0 Å². The molecule has 0 amide bonds. The van der Waals surface area contributed by atoms with Crippen molar-refractivity contribution in [2.75, 3.05) is 13.1 Å². The van der Waals surface area contributed by atoms with Gasteiger partial charge in [0, 0.05) is 32.7 Å². The molecule has 1 radical (unpaired) electrons. The summed E-state index contributed by atoms with van der Waals surface area (Å²) >= 11 is 0. The first-order valence-corrected chi connectivity index (χ1v) is 7.95. The molecular weight excluding hydrogens is 295 g/mol. The Bertz CT molecular complexity index is 97.3. The van der Waals surface area contributed by atoms with Gasteiger partial charge in [-0.2, -0.15) is 6.42 Å². The molecule has 0 spiro atoms. The average molecular weight is 333 g/mol. The first-order valence-electron chi connectivity index (χ1n) is 7.95. The standard InChI is InChI=1S/C10H20N.3C2H6.Y/c1-3-11(4-2)10-8-6-5-7-9-10;3*1-2;/h8,10H,3-7,9H2,1-2H3;3*1-2H3;/q-1;;;;. The SMILES string of the molecule is CC.CC.CC.CCN(CC)C1[CH-]CCCC1.[Y]. The Morgan fingerprint density at radius 1 is 0.889 bits per heavy atom. The molecule has 0 aromatic heterocycles. The molecule has 1 atom stereocenters. The number of hydrogen-bond acceptors (Lipinski definition) is 1. The fourth-order valence-electron chi connectivity index (χ4n) is 1.95. The van der Waals surface area contributed by atoms with Gasteiger partial charge in [0.15, 0.2) is 0 Å². The van der Waals surface area contributed by atoms with Crippen molar-refractivity contribution in [2.45, 2.75) is 87.1 Å². The van der Waals surface area contributed by atoms with Gasteiger partial charge in [0.1, 0.15) is 0 Å². The Balaban J connectivity index is -0.000000123. The quantitative estimate of drug-likeness (QED) is 0.612. The first kappa shape index (κ1) is 27.4. The van der Waals surface area contributed by atoms with E-state index in [0.717, 1.165) is 6.04 Å². The van der Waals surface area contributed by atoms with Crippen LogP contribution in [-0.4, -0.2) is 24.0 Å². The molecular formula is C16H38NY-. The molecule has 0 aromatic rings. The summed E-state index contributed by atoms with van der Waals surface area (Å²) < 4.78 is 0. The maximum Gasteiger partial charge on any atom is 0 e. The van der Waals surface area contributed by atoms with Crippen LogP contribution in [-0.2, 0) is 32.7 Å². The molecule has 1 rings (SSSR count). The Labute approximate surface area is 143 Å². The van der Waals surface area contributed by atoms with E-state index >= 15 is 0 Å². The molecule has 0 heterocycles. The van der Waals surface area contributed by atoms with Gasteiger partial charge in [-0.15, -0.1) is 6.04 Å². The molecule has 111 valence electrons. The van der Waals surface area contributed by atoms with E-state index in [0.29, 0.717) is 0 Å². The molecule has 0 aliphatic heterocycles. The second-order valence-electron chi connectivity index (χ2n) is 3.31. The van der Waals surface area contributed by atoms with Crippen LogP contribution < -0.4 is 0 Å². The number of hydrogen-bond donors (Lipinski definition) is 0. The number of rotatable bonds is 3. The van der Waals surface area contributed by atoms with E-state index in [1.807, 2.05) is 41.5 Å². The zero-order chi connectivity index (χ0) is 14.1. The fourth-order valence-corrected chi connectivity index (χ4v) is 1.95. The van der Waals surface area contributed by atoms with E-state index in [-0.39, 0.29) is 32.7 Å². The van der Waals surface area contributed by atoms with Crippen molar-refractivity contribution < 1.29 is 32.7 Å². The maximum atomic E-state index is 2.55. The summed E-state index contributed by atoms with van der Waals surface area (Å²) in [6, 6.07) is 0.791. The summed E-state index contributed by atoms with van der Waals surface area (Å²) in [7, 11) is 0. The van der Waals surface area contributed by atoms with Gasteiger partial charge in [0.05, 0.1) is 0 Å². The summed E-state index contributed by atoms with van der Waals surface area (Å²) in [5.74, 6) is 0. The van der Waals surface area contributed by atoms with Crippen molar-refractivity contribution >= 4 is 0 Å². The summed E-state index contributed by atoms with van der Waals surface area (Å²) in [5.41, 5.74) is 0. The molecule has 1 saturated carbocycles. The largest absolute Gasteiger partial charge is 0.330 e. The summed E-state index contributed by atoms with van der Waals surface area (Å²) in [6.45, 7) is 18.9. The molecule has 18 heavy (non-hydrogen) atoms. The van der Waals surface area contributed by atoms with Crippen LogP contribution >= 0.6 is 0 Å².